The molecule has 0 fully saturated rings. The minimum absolute atomic E-state index is 0.927. The molecule has 0 N–H and O–H groups in total. The first kappa shape index (κ1) is 8.61. The Hall–Kier alpha value is -1.68. The van der Waals surface area contributed by atoms with Gasteiger partial charge in [0.15, 0.2) is 10.8 Å². The lowest BCUT2D eigenvalue weighted by Crippen LogP contribution is -1.89. The summed E-state index contributed by atoms with van der Waals surface area (Å²) in [7, 11) is 1.98. The van der Waals surface area contributed by atoms with Crippen molar-refractivity contribution in [1.82, 2.24) is 14.5 Å². The quantitative estimate of drug-likeness (QED) is 0.625. The van der Waals surface area contributed by atoms with E-state index in [0.717, 1.165) is 16.3 Å². The number of rotatable bonds is 1. The van der Waals surface area contributed by atoms with E-state index in [1.165, 1.54) is 4.70 Å². The van der Waals surface area contributed by atoms with E-state index in [1.807, 2.05) is 36.0 Å². The second kappa shape index (κ2) is 3.17. The van der Waals surface area contributed by atoms with Crippen LogP contribution in [0.2, 0.25) is 0 Å². The molecule has 0 amide bonds. The van der Waals surface area contributed by atoms with Crippen LogP contribution in [0, 0.1) is 0 Å². The Morgan fingerprint density at radius 2 is 2.13 bits per heavy atom. The van der Waals surface area contributed by atoms with Gasteiger partial charge in [-0.25, -0.2) is 9.97 Å². The molecule has 2 aromatic heterocycles. The molecule has 3 aromatic rings. The maximum Gasteiger partial charge on any atom is 0.168 e. The van der Waals surface area contributed by atoms with Crippen molar-refractivity contribution in [3.63, 3.8) is 0 Å². The molecule has 3 nitrogen and oxygen atoms in total. The summed E-state index contributed by atoms with van der Waals surface area (Å²) in [5, 5.41) is 0.976. The largest absolute Gasteiger partial charge is 0.332 e. The van der Waals surface area contributed by atoms with E-state index in [9.17, 15) is 0 Å². The van der Waals surface area contributed by atoms with Gasteiger partial charge in [-0.05, 0) is 12.1 Å². The minimum Gasteiger partial charge on any atom is -0.332 e. The maximum absolute atomic E-state index is 4.55. The van der Waals surface area contributed by atoms with Crippen LogP contribution in [0.4, 0.5) is 0 Å². The molecular weight excluding hydrogens is 206 g/mol. The number of hydrogen-bond acceptors (Lipinski definition) is 3. The first-order valence-corrected chi connectivity index (χ1v) is 5.49. The number of hydrogen-bond donors (Lipinski definition) is 0. The fourth-order valence-electron chi connectivity index (χ4n) is 1.54. The van der Waals surface area contributed by atoms with E-state index >= 15 is 0 Å². The Bertz CT molecular complexity index is 576. The Kier molecular flexibility index (Phi) is 1.82. The molecule has 0 unspecified atom stereocenters. The van der Waals surface area contributed by atoms with Gasteiger partial charge in [0.05, 0.1) is 10.2 Å². The molecule has 0 radical (unpaired) electrons. The van der Waals surface area contributed by atoms with Crippen LogP contribution in [-0.2, 0) is 7.05 Å². The molecule has 0 saturated carbocycles. The van der Waals surface area contributed by atoms with Crippen LogP contribution in [0.25, 0.3) is 21.0 Å². The lowest BCUT2D eigenvalue weighted by atomic mass is 10.3. The normalized spacial score (nSPS) is 11.0. The summed E-state index contributed by atoms with van der Waals surface area (Å²) < 4.78 is 3.19. The third kappa shape index (κ3) is 1.34. The van der Waals surface area contributed by atoms with Crippen LogP contribution in [0.5, 0.6) is 0 Å². The molecule has 3 rings (SSSR count). The maximum atomic E-state index is 4.55. The van der Waals surface area contributed by atoms with Gasteiger partial charge in [-0.3, -0.25) is 0 Å². The minimum atomic E-state index is 0.927. The molecule has 1 aromatic carbocycles. The third-order valence-electron chi connectivity index (χ3n) is 2.31. The van der Waals surface area contributed by atoms with E-state index in [-0.39, 0.29) is 0 Å². The van der Waals surface area contributed by atoms with Crippen LogP contribution >= 0.6 is 11.3 Å². The Morgan fingerprint density at radius 3 is 2.87 bits per heavy atom. The van der Waals surface area contributed by atoms with Crippen LogP contribution in [0.15, 0.2) is 36.7 Å². The van der Waals surface area contributed by atoms with Gasteiger partial charge >= 0.3 is 0 Å². The van der Waals surface area contributed by atoms with Gasteiger partial charge < -0.3 is 4.57 Å². The second-order valence-corrected chi connectivity index (χ2v) is 4.38. The van der Waals surface area contributed by atoms with Gasteiger partial charge in [-0.1, -0.05) is 12.1 Å². The fourth-order valence-corrected chi connectivity index (χ4v) is 2.54. The zero-order valence-corrected chi connectivity index (χ0v) is 9.03. The standard InChI is InChI=1S/C11H9N3S/c1-14-7-6-12-10(14)11-13-8-4-2-3-5-9(8)15-11/h2-7H,1H3. The molecule has 0 spiro atoms. The zero-order chi connectivity index (χ0) is 10.3. The Labute approximate surface area is 91.0 Å². The van der Waals surface area contributed by atoms with E-state index < -0.39 is 0 Å². The van der Waals surface area contributed by atoms with Crippen molar-refractivity contribution in [3.8, 4) is 10.8 Å². The molecule has 15 heavy (non-hydrogen) atoms. The molecule has 0 saturated heterocycles. The van der Waals surface area contributed by atoms with Crippen molar-refractivity contribution >= 4 is 21.6 Å². The van der Waals surface area contributed by atoms with Crippen molar-refractivity contribution in [2.45, 2.75) is 0 Å². The third-order valence-corrected chi connectivity index (χ3v) is 3.34. The molecule has 74 valence electrons. The monoisotopic (exact) mass is 215 g/mol. The first-order chi connectivity index (χ1) is 7.34. The summed E-state index contributed by atoms with van der Waals surface area (Å²) in [6.07, 6.45) is 3.72. The van der Waals surface area contributed by atoms with Gasteiger partial charge in [-0.15, -0.1) is 11.3 Å². The number of fused-ring (bicyclic) bond motifs is 1. The van der Waals surface area contributed by atoms with Crippen LogP contribution in [0.1, 0.15) is 0 Å². The van der Waals surface area contributed by atoms with Crippen LogP contribution in [-0.4, -0.2) is 14.5 Å². The number of aryl methyl sites for hydroxylation is 1. The van der Waals surface area contributed by atoms with Gasteiger partial charge in [0, 0.05) is 19.4 Å². The van der Waals surface area contributed by atoms with Gasteiger partial charge in [0.25, 0.3) is 0 Å². The van der Waals surface area contributed by atoms with E-state index in [1.54, 1.807) is 17.5 Å². The van der Waals surface area contributed by atoms with Crippen molar-refractivity contribution in [3.05, 3.63) is 36.7 Å². The smallest absolute Gasteiger partial charge is 0.168 e. The van der Waals surface area contributed by atoms with Crippen molar-refractivity contribution in [2.24, 2.45) is 7.05 Å². The molecular formula is C11H9N3S. The molecule has 0 aliphatic heterocycles. The average molecular weight is 215 g/mol. The Balaban J connectivity index is 2.24. The Morgan fingerprint density at radius 1 is 1.27 bits per heavy atom. The van der Waals surface area contributed by atoms with Crippen molar-refractivity contribution < 1.29 is 0 Å². The fraction of sp³-hybridized carbons (Fsp3) is 0.0909. The molecule has 0 bridgehead atoms. The molecule has 2 heterocycles. The number of thiazole rings is 1. The number of aromatic nitrogens is 3. The average Bonchev–Trinajstić information content (AvgIpc) is 2.82. The highest BCUT2D eigenvalue weighted by molar-refractivity contribution is 7.21. The summed E-state index contributed by atoms with van der Waals surface area (Å²) >= 11 is 1.67. The van der Waals surface area contributed by atoms with Gasteiger partial charge in [-0.2, -0.15) is 0 Å². The first-order valence-electron chi connectivity index (χ1n) is 4.68. The summed E-state index contributed by atoms with van der Waals surface area (Å²) in [5.41, 5.74) is 1.04. The van der Waals surface area contributed by atoms with Crippen LogP contribution in [0.3, 0.4) is 0 Å². The summed E-state index contributed by atoms with van der Waals surface area (Å²) in [5.74, 6) is 0.927. The topological polar surface area (TPSA) is 30.7 Å². The summed E-state index contributed by atoms with van der Waals surface area (Å²) in [6, 6.07) is 8.14. The summed E-state index contributed by atoms with van der Waals surface area (Å²) in [6.45, 7) is 0. The molecule has 0 aliphatic rings. The number of nitrogens with zero attached hydrogens (tertiary/aromatic N) is 3. The zero-order valence-electron chi connectivity index (χ0n) is 8.21. The molecule has 0 aliphatic carbocycles. The highest BCUT2D eigenvalue weighted by Crippen LogP contribution is 2.28. The summed E-state index contributed by atoms with van der Waals surface area (Å²) in [4.78, 5) is 8.84. The van der Waals surface area contributed by atoms with E-state index in [0.29, 0.717) is 0 Å². The number of imidazole rings is 1. The van der Waals surface area contributed by atoms with Crippen molar-refractivity contribution in [2.75, 3.05) is 0 Å². The predicted molar refractivity (Wildman–Crippen MR) is 61.8 cm³/mol. The predicted octanol–water partition coefficient (Wildman–Crippen LogP) is 2.70. The van der Waals surface area contributed by atoms with E-state index in [2.05, 4.69) is 16.0 Å². The van der Waals surface area contributed by atoms with Crippen LogP contribution < -0.4 is 0 Å². The van der Waals surface area contributed by atoms with Gasteiger partial charge in [0.1, 0.15) is 0 Å². The van der Waals surface area contributed by atoms with Crippen molar-refractivity contribution in [1.29, 1.82) is 0 Å². The lowest BCUT2D eigenvalue weighted by Gasteiger charge is -1.94. The van der Waals surface area contributed by atoms with Gasteiger partial charge in [0.2, 0.25) is 0 Å². The SMILES string of the molecule is Cn1ccnc1-c1nc2ccccc2s1. The second-order valence-electron chi connectivity index (χ2n) is 3.35. The molecule has 0 atom stereocenters. The highest BCUT2D eigenvalue weighted by atomic mass is 32.1. The van der Waals surface area contributed by atoms with E-state index in [4.69, 9.17) is 0 Å². The highest BCUT2D eigenvalue weighted by Gasteiger charge is 2.08. The molecule has 4 heteroatoms. The lowest BCUT2D eigenvalue weighted by molar-refractivity contribution is 0.923. The number of benzene rings is 1. The number of para-hydroxylation sites is 1.